The van der Waals surface area contributed by atoms with Crippen molar-refractivity contribution in [2.75, 3.05) is 11.9 Å². The highest BCUT2D eigenvalue weighted by molar-refractivity contribution is 5.73. The van der Waals surface area contributed by atoms with E-state index in [-0.39, 0.29) is 0 Å². The normalized spacial score (nSPS) is 16.3. The minimum atomic E-state index is 0.352. The van der Waals surface area contributed by atoms with Gasteiger partial charge in [0, 0.05) is 25.1 Å². The molecule has 2 nitrogen and oxygen atoms in total. The molecule has 26 heavy (non-hydrogen) atoms. The van der Waals surface area contributed by atoms with Crippen molar-refractivity contribution >= 4 is 5.69 Å². The second-order valence-corrected chi connectivity index (χ2v) is 6.95. The van der Waals surface area contributed by atoms with E-state index < -0.39 is 0 Å². The highest BCUT2D eigenvalue weighted by Gasteiger charge is 2.21. The van der Waals surface area contributed by atoms with Crippen LogP contribution in [0.2, 0.25) is 0 Å². The summed E-state index contributed by atoms with van der Waals surface area (Å²) in [6.45, 7) is 4.41. The molecule has 130 valence electrons. The van der Waals surface area contributed by atoms with Crippen molar-refractivity contribution in [3.63, 3.8) is 0 Å². The number of aryl methyl sites for hydroxylation is 1. The zero-order valence-corrected chi connectivity index (χ0v) is 15.6. The number of anilines is 1. The Morgan fingerprint density at radius 1 is 0.692 bits per heavy atom. The number of benzene rings is 3. The summed E-state index contributed by atoms with van der Waals surface area (Å²) in [5.41, 5.74) is 7.58. The quantitative estimate of drug-likeness (QED) is 0.586. The molecule has 0 aromatic heterocycles. The van der Waals surface area contributed by atoms with E-state index in [1.165, 1.54) is 33.5 Å². The lowest BCUT2D eigenvalue weighted by molar-refractivity contribution is 0.383. The van der Waals surface area contributed by atoms with Crippen molar-refractivity contribution in [2.24, 2.45) is 0 Å². The Bertz CT molecular complexity index is 926. The maximum absolute atomic E-state index is 2.32. The number of rotatable bonds is 3. The highest BCUT2D eigenvalue weighted by Crippen LogP contribution is 2.31. The molecule has 0 saturated carbocycles. The Hall–Kier alpha value is -3.00. The van der Waals surface area contributed by atoms with Crippen molar-refractivity contribution in [3.05, 3.63) is 90.8 Å². The van der Waals surface area contributed by atoms with Gasteiger partial charge in [0.1, 0.15) is 6.17 Å². The Morgan fingerprint density at radius 3 is 1.85 bits per heavy atom. The van der Waals surface area contributed by atoms with Crippen LogP contribution in [0.5, 0.6) is 0 Å². The summed E-state index contributed by atoms with van der Waals surface area (Å²) < 4.78 is 0. The fourth-order valence-electron chi connectivity index (χ4n) is 3.51. The predicted molar refractivity (Wildman–Crippen MR) is 111 cm³/mol. The lowest BCUT2D eigenvalue weighted by Crippen LogP contribution is -2.33. The number of hydrogen-bond acceptors (Lipinski definition) is 2. The van der Waals surface area contributed by atoms with Crippen molar-refractivity contribution in [3.8, 4) is 22.3 Å². The first kappa shape index (κ1) is 16.5. The standard InChI is InChI=1S/C24H24N2/c1-18-17-23(13-14-24(18)26-16-15-25(3)19(26)2)22-11-9-21(10-12-22)20-7-5-4-6-8-20/h4-17,19H,1-3H3. The van der Waals surface area contributed by atoms with Crippen LogP contribution >= 0.6 is 0 Å². The Kier molecular flexibility index (Phi) is 4.26. The topological polar surface area (TPSA) is 6.48 Å². The third-order valence-electron chi connectivity index (χ3n) is 5.25. The van der Waals surface area contributed by atoms with E-state index in [9.17, 15) is 0 Å². The first-order valence-electron chi connectivity index (χ1n) is 9.08. The van der Waals surface area contributed by atoms with Crippen LogP contribution in [0.4, 0.5) is 5.69 Å². The van der Waals surface area contributed by atoms with E-state index in [2.05, 4.69) is 116 Å². The summed E-state index contributed by atoms with van der Waals surface area (Å²) in [5.74, 6) is 0. The van der Waals surface area contributed by atoms with Crippen LogP contribution in [0, 0.1) is 6.92 Å². The molecule has 0 N–H and O–H groups in total. The monoisotopic (exact) mass is 340 g/mol. The average molecular weight is 340 g/mol. The second kappa shape index (κ2) is 6.72. The molecule has 1 heterocycles. The van der Waals surface area contributed by atoms with Gasteiger partial charge in [-0.3, -0.25) is 0 Å². The highest BCUT2D eigenvalue weighted by atomic mass is 15.4. The largest absolute Gasteiger partial charge is 0.359 e. The van der Waals surface area contributed by atoms with Gasteiger partial charge in [0.2, 0.25) is 0 Å². The van der Waals surface area contributed by atoms with E-state index >= 15 is 0 Å². The number of hydrogen-bond donors (Lipinski definition) is 0. The molecule has 1 aliphatic heterocycles. The fourth-order valence-corrected chi connectivity index (χ4v) is 3.51. The van der Waals surface area contributed by atoms with Crippen LogP contribution in [0.3, 0.4) is 0 Å². The molecular weight excluding hydrogens is 316 g/mol. The van der Waals surface area contributed by atoms with Crippen molar-refractivity contribution in [2.45, 2.75) is 20.0 Å². The minimum absolute atomic E-state index is 0.352. The molecule has 3 aromatic carbocycles. The summed E-state index contributed by atoms with van der Waals surface area (Å²) in [7, 11) is 2.11. The summed E-state index contributed by atoms with van der Waals surface area (Å²) in [4.78, 5) is 4.53. The van der Waals surface area contributed by atoms with E-state index in [0.717, 1.165) is 0 Å². The average Bonchev–Trinajstić information content (AvgIpc) is 3.01. The molecule has 0 amide bonds. The lowest BCUT2D eigenvalue weighted by atomic mass is 9.98. The first-order chi connectivity index (χ1) is 12.6. The van der Waals surface area contributed by atoms with Gasteiger partial charge in [-0.25, -0.2) is 0 Å². The van der Waals surface area contributed by atoms with Crippen LogP contribution in [0.25, 0.3) is 22.3 Å². The fraction of sp³-hybridized carbons (Fsp3) is 0.167. The van der Waals surface area contributed by atoms with Crippen LogP contribution in [0.1, 0.15) is 12.5 Å². The first-order valence-corrected chi connectivity index (χ1v) is 9.08. The zero-order chi connectivity index (χ0) is 18.1. The molecule has 0 saturated heterocycles. The Balaban J connectivity index is 1.61. The molecular formula is C24H24N2. The van der Waals surface area contributed by atoms with E-state index in [1.54, 1.807) is 0 Å². The van der Waals surface area contributed by atoms with Crippen molar-refractivity contribution in [1.29, 1.82) is 0 Å². The van der Waals surface area contributed by atoms with Crippen LogP contribution in [0.15, 0.2) is 85.2 Å². The van der Waals surface area contributed by atoms with Gasteiger partial charge in [-0.2, -0.15) is 0 Å². The van der Waals surface area contributed by atoms with Gasteiger partial charge < -0.3 is 9.80 Å². The maximum Gasteiger partial charge on any atom is 0.102 e. The molecule has 0 aliphatic carbocycles. The van der Waals surface area contributed by atoms with Gasteiger partial charge in [-0.1, -0.05) is 60.7 Å². The summed E-state index contributed by atoms with van der Waals surface area (Å²) >= 11 is 0. The lowest BCUT2D eigenvalue weighted by Gasteiger charge is -2.28. The predicted octanol–water partition coefficient (Wildman–Crippen LogP) is 5.90. The zero-order valence-electron chi connectivity index (χ0n) is 15.6. The molecule has 3 aromatic rings. The third kappa shape index (κ3) is 2.99. The van der Waals surface area contributed by atoms with Gasteiger partial charge in [0.05, 0.1) is 0 Å². The maximum atomic E-state index is 2.32. The summed E-state index contributed by atoms with van der Waals surface area (Å²) in [6, 6.07) is 26.1. The van der Waals surface area contributed by atoms with Crippen LogP contribution in [-0.4, -0.2) is 18.1 Å². The number of nitrogens with zero attached hydrogens (tertiary/aromatic N) is 2. The molecule has 0 fully saturated rings. The Labute approximate surface area is 156 Å². The van der Waals surface area contributed by atoms with Gasteiger partial charge in [-0.05, 0) is 53.8 Å². The third-order valence-corrected chi connectivity index (χ3v) is 5.25. The Morgan fingerprint density at radius 2 is 1.27 bits per heavy atom. The molecule has 1 aliphatic rings. The van der Waals surface area contributed by atoms with Gasteiger partial charge >= 0.3 is 0 Å². The minimum Gasteiger partial charge on any atom is -0.359 e. The molecule has 1 unspecified atom stereocenters. The van der Waals surface area contributed by atoms with Gasteiger partial charge in [0.25, 0.3) is 0 Å². The summed E-state index contributed by atoms with van der Waals surface area (Å²) in [6.07, 6.45) is 4.63. The molecule has 0 spiro atoms. The van der Waals surface area contributed by atoms with E-state index in [0.29, 0.717) is 6.17 Å². The van der Waals surface area contributed by atoms with E-state index in [4.69, 9.17) is 0 Å². The van der Waals surface area contributed by atoms with E-state index in [1.807, 2.05) is 0 Å². The summed E-state index contributed by atoms with van der Waals surface area (Å²) in [5, 5.41) is 0. The SMILES string of the molecule is Cc1cc(-c2ccc(-c3ccccc3)cc2)ccc1N1C=CN(C)C1C. The van der Waals surface area contributed by atoms with Crippen molar-refractivity contribution < 1.29 is 0 Å². The van der Waals surface area contributed by atoms with Crippen LogP contribution in [-0.2, 0) is 0 Å². The van der Waals surface area contributed by atoms with Gasteiger partial charge in [-0.15, -0.1) is 0 Å². The van der Waals surface area contributed by atoms with Gasteiger partial charge in [0.15, 0.2) is 0 Å². The molecule has 4 rings (SSSR count). The van der Waals surface area contributed by atoms with Crippen LogP contribution < -0.4 is 4.90 Å². The smallest absolute Gasteiger partial charge is 0.102 e. The second-order valence-electron chi connectivity index (χ2n) is 6.95. The molecule has 2 heteroatoms. The molecule has 1 atom stereocenters. The van der Waals surface area contributed by atoms with Crippen molar-refractivity contribution in [1.82, 2.24) is 4.90 Å². The molecule has 0 radical (unpaired) electrons. The molecule has 0 bridgehead atoms.